The van der Waals surface area contributed by atoms with E-state index in [1.165, 1.54) is 4.67 Å². The van der Waals surface area contributed by atoms with E-state index in [9.17, 15) is 9.36 Å². The van der Waals surface area contributed by atoms with Gasteiger partial charge in [-0.05, 0) is 37.1 Å². The molecule has 1 fully saturated rings. The topological polar surface area (TPSA) is 88.1 Å². The number of amides is 1. The van der Waals surface area contributed by atoms with Crippen LogP contribution in [-0.4, -0.2) is 42.1 Å². The molecule has 0 aromatic heterocycles. The third kappa shape index (κ3) is 3.64. The molecule has 2 N–H and O–H groups in total. The van der Waals surface area contributed by atoms with Gasteiger partial charge in [0.05, 0.1) is 19.0 Å². The summed E-state index contributed by atoms with van der Waals surface area (Å²) in [6.45, 7) is 4.39. The van der Waals surface area contributed by atoms with Crippen LogP contribution >= 0.6 is 7.52 Å². The average Bonchev–Trinajstić information content (AvgIpc) is 2.60. The average molecular weight is 340 g/mol. The van der Waals surface area contributed by atoms with Gasteiger partial charge in [-0.15, -0.1) is 6.58 Å². The van der Waals surface area contributed by atoms with E-state index in [1.807, 2.05) is 0 Å². The summed E-state index contributed by atoms with van der Waals surface area (Å²) in [6, 6.07) is 5.91. The van der Waals surface area contributed by atoms with Crippen LogP contribution in [0.15, 0.2) is 36.9 Å². The molecule has 0 aliphatic carbocycles. The molecule has 0 bridgehead atoms. The number of carbonyl (C=O) groups is 1. The van der Waals surface area contributed by atoms with Gasteiger partial charge in [-0.2, -0.15) is 0 Å². The number of ether oxygens (including phenoxy) is 1. The minimum atomic E-state index is -3.40. The molecule has 2 atom stereocenters. The number of benzene rings is 1. The van der Waals surface area contributed by atoms with Gasteiger partial charge >= 0.3 is 7.52 Å². The maximum atomic E-state index is 13.5. The largest absolute Gasteiger partial charge is 0.497 e. The summed E-state index contributed by atoms with van der Waals surface area (Å²) >= 11 is 0. The molecule has 1 aromatic rings. The Bertz CT molecular complexity index is 604. The second-order valence-electron chi connectivity index (χ2n) is 5.08. The molecule has 8 heteroatoms. The molecule has 1 aliphatic heterocycles. The Labute approximate surface area is 135 Å². The number of rotatable bonds is 6. The van der Waals surface area contributed by atoms with Gasteiger partial charge < -0.3 is 9.26 Å². The Hall–Kier alpha value is -1.66. The molecule has 7 nitrogen and oxygen atoms in total. The van der Waals surface area contributed by atoms with Gasteiger partial charge in [0.2, 0.25) is 0 Å². The van der Waals surface area contributed by atoms with Crippen LogP contribution in [-0.2, 0) is 13.9 Å². The van der Waals surface area contributed by atoms with Crippen molar-refractivity contribution in [3.05, 3.63) is 36.9 Å². The van der Waals surface area contributed by atoms with Gasteiger partial charge in [-0.25, -0.2) is 10.2 Å². The molecule has 1 heterocycles. The zero-order valence-corrected chi connectivity index (χ0v) is 13.9. The van der Waals surface area contributed by atoms with Crippen LogP contribution < -0.4 is 15.5 Å². The number of nitrogens with one attached hydrogen (secondary N) is 1. The van der Waals surface area contributed by atoms with Gasteiger partial charge in [0.25, 0.3) is 5.91 Å². The molecule has 0 saturated carbocycles. The molecule has 0 radical (unpaired) electrons. The molecule has 2 rings (SSSR count). The molecule has 126 valence electrons. The first-order chi connectivity index (χ1) is 11.1. The molecular weight excluding hydrogens is 319 g/mol. The fourth-order valence-corrected chi connectivity index (χ4v) is 5.02. The molecule has 2 unspecified atom stereocenters. The van der Waals surface area contributed by atoms with E-state index in [-0.39, 0.29) is 6.42 Å². The van der Waals surface area contributed by atoms with Crippen molar-refractivity contribution in [2.75, 3.05) is 20.3 Å². The summed E-state index contributed by atoms with van der Waals surface area (Å²) in [7, 11) is -1.85. The van der Waals surface area contributed by atoms with Crippen molar-refractivity contribution >= 4 is 18.7 Å². The second kappa shape index (κ2) is 7.75. The van der Waals surface area contributed by atoms with Crippen LogP contribution in [0.4, 0.5) is 0 Å². The van der Waals surface area contributed by atoms with E-state index in [0.717, 1.165) is 0 Å². The van der Waals surface area contributed by atoms with Gasteiger partial charge in [-0.3, -0.25) is 14.6 Å². The monoisotopic (exact) mass is 340 g/mol. The van der Waals surface area contributed by atoms with Crippen molar-refractivity contribution in [2.24, 2.45) is 0 Å². The smallest absolute Gasteiger partial charge is 0.303 e. The molecule has 1 aromatic carbocycles. The third-order valence-corrected chi connectivity index (χ3v) is 6.34. The van der Waals surface area contributed by atoms with Gasteiger partial charge in [-0.1, -0.05) is 6.08 Å². The zero-order chi connectivity index (χ0) is 16.9. The van der Waals surface area contributed by atoms with E-state index in [1.54, 1.807) is 42.9 Å². The van der Waals surface area contributed by atoms with Crippen LogP contribution in [0.1, 0.15) is 12.8 Å². The fraction of sp³-hybridized carbons (Fsp3) is 0.400. The first-order valence-electron chi connectivity index (χ1n) is 7.28. The van der Waals surface area contributed by atoms with E-state index in [4.69, 9.17) is 14.5 Å². The number of methoxy groups -OCH3 is 1. The minimum absolute atomic E-state index is 0.246. The van der Waals surface area contributed by atoms with E-state index < -0.39 is 19.5 Å². The highest BCUT2D eigenvalue weighted by Gasteiger charge is 2.43. The minimum Gasteiger partial charge on any atom is -0.497 e. The van der Waals surface area contributed by atoms with Gasteiger partial charge in [0.15, 0.2) is 0 Å². The van der Waals surface area contributed by atoms with Crippen LogP contribution in [0.5, 0.6) is 5.75 Å². The Kier molecular flexibility index (Phi) is 5.96. The van der Waals surface area contributed by atoms with E-state index >= 15 is 0 Å². The molecule has 1 amide bonds. The Morgan fingerprint density at radius 3 is 2.83 bits per heavy atom. The van der Waals surface area contributed by atoms with E-state index in [2.05, 4.69) is 6.58 Å². The summed E-state index contributed by atoms with van der Waals surface area (Å²) in [5.74, 6) is 0.00351. The standard InChI is InChI=1S/C15H21N2O5P/c1-3-5-14(15(18)16-19)17-10-4-11-22-23(17,20)13-8-6-12(21-2)7-9-13/h3,6-9,14,19H,1,4-5,10-11H2,2H3,(H,16,18). The Morgan fingerprint density at radius 2 is 2.26 bits per heavy atom. The van der Waals surface area contributed by atoms with Crippen molar-refractivity contribution < 1.29 is 23.8 Å². The first-order valence-corrected chi connectivity index (χ1v) is 8.85. The van der Waals surface area contributed by atoms with Crippen LogP contribution in [0.2, 0.25) is 0 Å². The summed E-state index contributed by atoms with van der Waals surface area (Å²) in [4.78, 5) is 12.0. The molecule has 23 heavy (non-hydrogen) atoms. The third-order valence-electron chi connectivity index (χ3n) is 3.70. The summed E-state index contributed by atoms with van der Waals surface area (Å²) in [5, 5.41) is 9.45. The van der Waals surface area contributed by atoms with E-state index in [0.29, 0.717) is 30.6 Å². The van der Waals surface area contributed by atoms with Crippen molar-refractivity contribution in [2.45, 2.75) is 18.9 Å². The second-order valence-corrected chi connectivity index (χ2v) is 7.41. The van der Waals surface area contributed by atoms with Crippen molar-refractivity contribution in [3.8, 4) is 5.75 Å². The van der Waals surface area contributed by atoms with Gasteiger partial charge in [0, 0.05) is 6.54 Å². The van der Waals surface area contributed by atoms with Crippen molar-refractivity contribution in [1.82, 2.24) is 10.2 Å². The lowest BCUT2D eigenvalue weighted by Gasteiger charge is -2.39. The summed E-state index contributed by atoms with van der Waals surface area (Å²) in [6.07, 6.45) is 2.44. The molecule has 1 saturated heterocycles. The maximum absolute atomic E-state index is 13.5. The summed E-state index contributed by atoms with van der Waals surface area (Å²) < 4.78 is 25.7. The van der Waals surface area contributed by atoms with Crippen molar-refractivity contribution in [3.63, 3.8) is 0 Å². The van der Waals surface area contributed by atoms with Crippen molar-refractivity contribution in [1.29, 1.82) is 0 Å². The highest BCUT2D eigenvalue weighted by molar-refractivity contribution is 7.64. The molecule has 0 spiro atoms. The number of carbonyl (C=O) groups excluding carboxylic acids is 1. The number of hydroxylamine groups is 1. The maximum Gasteiger partial charge on any atom is 0.303 e. The lowest BCUT2D eigenvalue weighted by atomic mass is 10.2. The lowest BCUT2D eigenvalue weighted by molar-refractivity contribution is -0.133. The van der Waals surface area contributed by atoms with Gasteiger partial charge in [0.1, 0.15) is 11.8 Å². The van der Waals surface area contributed by atoms with Crippen LogP contribution in [0, 0.1) is 0 Å². The van der Waals surface area contributed by atoms with Crippen LogP contribution in [0.3, 0.4) is 0 Å². The molecule has 1 aliphatic rings. The highest BCUT2D eigenvalue weighted by Crippen LogP contribution is 2.53. The number of hydrogen-bond donors (Lipinski definition) is 2. The predicted molar refractivity (Wildman–Crippen MR) is 86.0 cm³/mol. The quantitative estimate of drug-likeness (QED) is 0.355. The fourth-order valence-electron chi connectivity index (χ4n) is 2.55. The molecular formula is C15H21N2O5P. The Morgan fingerprint density at radius 1 is 1.57 bits per heavy atom. The number of nitrogens with zero attached hydrogens (tertiary/aromatic N) is 1. The Balaban J connectivity index is 2.40. The normalized spacial score (nSPS) is 23.0. The predicted octanol–water partition coefficient (Wildman–Crippen LogP) is 1.69. The van der Waals surface area contributed by atoms with Crippen LogP contribution in [0.25, 0.3) is 0 Å². The zero-order valence-electron chi connectivity index (χ0n) is 13.0. The SMILES string of the molecule is C=CCC(C(=O)NO)N1CCCOP1(=O)c1ccc(OC)cc1. The lowest BCUT2D eigenvalue weighted by Crippen LogP contribution is -2.48. The summed E-state index contributed by atoms with van der Waals surface area (Å²) in [5.41, 5.74) is 1.63. The number of hydrogen-bond acceptors (Lipinski definition) is 5. The highest BCUT2D eigenvalue weighted by atomic mass is 31.2. The first kappa shape index (κ1) is 17.7.